The minimum absolute atomic E-state index is 0.0371. The molecule has 3 fully saturated rings. The first-order valence-electron chi connectivity index (χ1n) is 11.7. The molecule has 0 saturated heterocycles. The molecule has 0 N–H and O–H groups in total. The standard InChI is InChI=1S/C28H31ClO2/c1-27-16-14-21-19(9-10-23-26(29)25(31)15-17-28(21,23)2)20(27)11-12-22(27)24(30)13-8-18-6-4-3-5-7-18/h3-8,13,15,17,19-22H,9-12,14,16H2,1-2H3/b13-8+/t19-,20-,21-,22+,27-,28+/m0/s1. The van der Waals surface area contributed by atoms with Crippen LogP contribution in [0.25, 0.3) is 6.08 Å². The van der Waals surface area contributed by atoms with E-state index >= 15 is 0 Å². The monoisotopic (exact) mass is 434 g/mol. The second kappa shape index (κ2) is 7.59. The van der Waals surface area contributed by atoms with E-state index in [1.807, 2.05) is 42.5 Å². The number of carbonyl (C=O) groups is 2. The van der Waals surface area contributed by atoms with Gasteiger partial charge in [0.05, 0.1) is 5.03 Å². The van der Waals surface area contributed by atoms with Crippen LogP contribution in [0.5, 0.6) is 0 Å². The van der Waals surface area contributed by atoms with Crippen molar-refractivity contribution in [3.05, 3.63) is 64.7 Å². The van der Waals surface area contributed by atoms with E-state index in [0.29, 0.717) is 28.6 Å². The summed E-state index contributed by atoms with van der Waals surface area (Å²) in [6.45, 7) is 4.66. The summed E-state index contributed by atoms with van der Waals surface area (Å²) in [5.74, 6) is 2.07. The first-order valence-corrected chi connectivity index (χ1v) is 12.1. The maximum absolute atomic E-state index is 13.2. The summed E-state index contributed by atoms with van der Waals surface area (Å²) in [5.41, 5.74) is 2.21. The Morgan fingerprint density at radius 2 is 1.84 bits per heavy atom. The largest absolute Gasteiger partial charge is 0.295 e. The topological polar surface area (TPSA) is 34.1 Å². The fraction of sp³-hybridized carbons (Fsp3) is 0.500. The average Bonchev–Trinajstić information content (AvgIpc) is 3.13. The van der Waals surface area contributed by atoms with Crippen molar-refractivity contribution in [1.29, 1.82) is 0 Å². The molecule has 2 nitrogen and oxygen atoms in total. The zero-order chi connectivity index (χ0) is 21.8. The number of hydrogen-bond donors (Lipinski definition) is 0. The summed E-state index contributed by atoms with van der Waals surface area (Å²) in [4.78, 5) is 25.4. The van der Waals surface area contributed by atoms with Gasteiger partial charge in [0.1, 0.15) is 0 Å². The molecule has 6 atom stereocenters. The Morgan fingerprint density at radius 1 is 1.06 bits per heavy atom. The van der Waals surface area contributed by atoms with Crippen molar-refractivity contribution in [1.82, 2.24) is 0 Å². The molecule has 0 amide bonds. The summed E-state index contributed by atoms with van der Waals surface area (Å²) in [6.07, 6.45) is 13.9. The molecule has 0 radical (unpaired) electrons. The second-order valence-corrected chi connectivity index (χ2v) is 10.9. The molecule has 3 saturated carbocycles. The molecule has 5 rings (SSSR count). The third-order valence-corrected chi connectivity index (χ3v) is 9.64. The van der Waals surface area contributed by atoms with Crippen LogP contribution in [0, 0.1) is 34.5 Å². The molecule has 162 valence electrons. The van der Waals surface area contributed by atoms with Gasteiger partial charge in [-0.1, -0.05) is 67.9 Å². The summed E-state index contributed by atoms with van der Waals surface area (Å²) >= 11 is 6.48. The lowest BCUT2D eigenvalue weighted by Gasteiger charge is -2.57. The molecule has 4 aliphatic rings. The van der Waals surface area contributed by atoms with Gasteiger partial charge in [-0.25, -0.2) is 0 Å². The van der Waals surface area contributed by atoms with E-state index in [4.69, 9.17) is 11.6 Å². The van der Waals surface area contributed by atoms with Crippen LogP contribution in [0.15, 0.2) is 59.2 Å². The first kappa shape index (κ1) is 20.9. The minimum Gasteiger partial charge on any atom is -0.295 e. The molecular weight excluding hydrogens is 404 g/mol. The number of carbonyl (C=O) groups excluding carboxylic acids is 2. The highest BCUT2D eigenvalue weighted by Gasteiger charge is 2.59. The number of ketones is 2. The molecule has 4 aliphatic carbocycles. The van der Waals surface area contributed by atoms with Gasteiger partial charge >= 0.3 is 0 Å². The number of rotatable bonds is 3. The smallest absolute Gasteiger partial charge is 0.196 e. The number of fused-ring (bicyclic) bond motifs is 5. The molecule has 0 spiro atoms. The highest BCUT2D eigenvalue weighted by molar-refractivity contribution is 6.45. The second-order valence-electron chi connectivity index (χ2n) is 10.5. The average molecular weight is 435 g/mol. The lowest BCUT2D eigenvalue weighted by molar-refractivity contribution is -0.124. The molecule has 0 aromatic heterocycles. The number of hydrogen-bond acceptors (Lipinski definition) is 2. The maximum Gasteiger partial charge on any atom is 0.196 e. The molecule has 0 heterocycles. The summed E-state index contributed by atoms with van der Waals surface area (Å²) < 4.78 is 0. The third kappa shape index (κ3) is 3.21. The normalized spacial score (nSPS) is 39.4. The summed E-state index contributed by atoms with van der Waals surface area (Å²) in [6, 6.07) is 10.1. The first-order chi connectivity index (χ1) is 14.8. The van der Waals surface area contributed by atoms with E-state index < -0.39 is 0 Å². The predicted molar refractivity (Wildman–Crippen MR) is 125 cm³/mol. The molecular formula is C28H31ClO2. The SMILES string of the molecule is C[C@]12CC[C@H]3[C@@H](CCC4=C(Cl)C(=O)C=C[C@@]43C)[C@@H]1CC[C@@H]2C(=O)/C=C/c1ccccc1. The molecule has 0 bridgehead atoms. The Hall–Kier alpha value is -1.93. The zero-order valence-corrected chi connectivity index (χ0v) is 19.2. The van der Waals surface area contributed by atoms with Crippen LogP contribution < -0.4 is 0 Å². The molecule has 31 heavy (non-hydrogen) atoms. The van der Waals surface area contributed by atoms with E-state index in [1.54, 1.807) is 6.08 Å². The zero-order valence-electron chi connectivity index (χ0n) is 18.4. The molecule has 0 aliphatic heterocycles. The van der Waals surface area contributed by atoms with Gasteiger partial charge in [-0.05, 0) is 85.0 Å². The van der Waals surface area contributed by atoms with Crippen molar-refractivity contribution in [3.63, 3.8) is 0 Å². The fourth-order valence-electron chi connectivity index (χ4n) is 7.61. The van der Waals surface area contributed by atoms with Crippen LogP contribution in [-0.4, -0.2) is 11.6 Å². The lowest BCUT2D eigenvalue weighted by Crippen LogP contribution is -2.50. The minimum atomic E-state index is -0.107. The molecule has 1 aromatic carbocycles. The molecule has 1 aromatic rings. The van der Waals surface area contributed by atoms with Crippen LogP contribution in [0.4, 0.5) is 0 Å². The van der Waals surface area contributed by atoms with Crippen molar-refractivity contribution < 1.29 is 9.59 Å². The van der Waals surface area contributed by atoms with Crippen molar-refractivity contribution >= 4 is 29.2 Å². The highest BCUT2D eigenvalue weighted by atomic mass is 35.5. The Bertz CT molecular complexity index is 1000. The van der Waals surface area contributed by atoms with E-state index in [1.165, 1.54) is 0 Å². The molecule has 0 unspecified atom stereocenters. The van der Waals surface area contributed by atoms with Crippen molar-refractivity contribution in [2.24, 2.45) is 34.5 Å². The van der Waals surface area contributed by atoms with E-state index in [-0.39, 0.29) is 22.5 Å². The number of halogens is 1. The third-order valence-electron chi connectivity index (χ3n) is 9.23. The van der Waals surface area contributed by atoms with Crippen molar-refractivity contribution in [3.8, 4) is 0 Å². The fourth-order valence-corrected chi connectivity index (χ4v) is 7.97. The predicted octanol–water partition coefficient (Wildman–Crippen LogP) is 6.76. The van der Waals surface area contributed by atoms with Gasteiger partial charge in [0.15, 0.2) is 11.6 Å². The van der Waals surface area contributed by atoms with E-state index in [2.05, 4.69) is 19.9 Å². The van der Waals surface area contributed by atoms with Crippen LogP contribution in [0.1, 0.15) is 57.9 Å². The Balaban J connectivity index is 1.39. The van der Waals surface area contributed by atoms with Gasteiger partial charge in [0.2, 0.25) is 0 Å². The van der Waals surface area contributed by atoms with Gasteiger partial charge in [0, 0.05) is 11.3 Å². The van der Waals surface area contributed by atoms with E-state index in [9.17, 15) is 9.59 Å². The van der Waals surface area contributed by atoms with Crippen LogP contribution >= 0.6 is 11.6 Å². The van der Waals surface area contributed by atoms with Gasteiger partial charge in [0.25, 0.3) is 0 Å². The maximum atomic E-state index is 13.2. The summed E-state index contributed by atoms with van der Waals surface area (Å²) in [7, 11) is 0. The van der Waals surface area contributed by atoms with Crippen molar-refractivity contribution in [2.75, 3.05) is 0 Å². The number of benzene rings is 1. The quantitative estimate of drug-likeness (QED) is 0.492. The Kier molecular flexibility index (Phi) is 5.13. The highest BCUT2D eigenvalue weighted by Crippen LogP contribution is 2.66. The lowest BCUT2D eigenvalue weighted by atomic mass is 9.47. The molecule has 3 heteroatoms. The number of allylic oxidation sites excluding steroid dienone is 5. The van der Waals surface area contributed by atoms with Gasteiger partial charge in [-0.3, -0.25) is 9.59 Å². The van der Waals surface area contributed by atoms with Crippen LogP contribution in [0.3, 0.4) is 0 Å². The Morgan fingerprint density at radius 3 is 2.61 bits per heavy atom. The van der Waals surface area contributed by atoms with E-state index in [0.717, 1.165) is 49.7 Å². The summed E-state index contributed by atoms with van der Waals surface area (Å²) in [5, 5.41) is 0.460. The van der Waals surface area contributed by atoms with Gasteiger partial charge in [-0.15, -0.1) is 0 Å². The van der Waals surface area contributed by atoms with Gasteiger partial charge < -0.3 is 0 Å². The van der Waals surface area contributed by atoms with Gasteiger partial charge in [-0.2, -0.15) is 0 Å². The Labute approximate surface area is 190 Å². The van der Waals surface area contributed by atoms with Crippen molar-refractivity contribution in [2.45, 2.75) is 52.4 Å². The van der Waals surface area contributed by atoms with Crippen LogP contribution in [0.2, 0.25) is 0 Å². The van der Waals surface area contributed by atoms with Crippen LogP contribution in [-0.2, 0) is 9.59 Å².